The van der Waals surface area contributed by atoms with Crippen molar-refractivity contribution in [1.82, 2.24) is 9.80 Å². The number of rotatable bonds is 1. The van der Waals surface area contributed by atoms with Crippen molar-refractivity contribution in [2.24, 2.45) is 11.8 Å². The van der Waals surface area contributed by atoms with Gasteiger partial charge in [-0.1, -0.05) is 6.92 Å². The Labute approximate surface area is 108 Å². The van der Waals surface area contributed by atoms with E-state index in [1.54, 1.807) is 0 Å². The molecule has 2 amide bonds. The summed E-state index contributed by atoms with van der Waals surface area (Å²) in [4.78, 5) is 27.4. The summed E-state index contributed by atoms with van der Waals surface area (Å²) < 4.78 is 4.75. The molecule has 5 heteroatoms. The Morgan fingerprint density at radius 3 is 2.17 bits per heavy atom. The second kappa shape index (κ2) is 5.59. The molecule has 0 aliphatic carbocycles. The van der Waals surface area contributed by atoms with Crippen molar-refractivity contribution in [3.8, 4) is 0 Å². The zero-order valence-corrected chi connectivity index (χ0v) is 11.2. The molecule has 0 aromatic rings. The average Bonchev–Trinajstić information content (AvgIpc) is 2.84. The van der Waals surface area contributed by atoms with Crippen molar-refractivity contribution >= 4 is 12.0 Å². The van der Waals surface area contributed by atoms with Gasteiger partial charge in [-0.05, 0) is 25.2 Å². The maximum absolute atomic E-state index is 12.2. The van der Waals surface area contributed by atoms with Crippen molar-refractivity contribution < 1.29 is 14.3 Å². The zero-order chi connectivity index (χ0) is 13.1. The summed E-state index contributed by atoms with van der Waals surface area (Å²) in [5, 5.41) is 0. The van der Waals surface area contributed by atoms with Crippen LogP contribution < -0.4 is 0 Å². The Bertz CT molecular complexity index is 324. The summed E-state index contributed by atoms with van der Waals surface area (Å²) in [6.07, 6.45) is 2.55. The first-order chi connectivity index (χ1) is 8.61. The van der Waals surface area contributed by atoms with Crippen molar-refractivity contribution in [3.05, 3.63) is 0 Å². The van der Waals surface area contributed by atoms with Crippen LogP contribution in [0.3, 0.4) is 0 Å². The fraction of sp³-hybridized carbons (Fsp3) is 0.846. The van der Waals surface area contributed by atoms with Gasteiger partial charge in [0.2, 0.25) is 0 Å². The maximum Gasteiger partial charge on any atom is 0.320 e. The molecule has 2 rings (SSSR count). The number of methoxy groups -OCH3 is 1. The number of esters is 1. The van der Waals surface area contributed by atoms with Gasteiger partial charge in [0.25, 0.3) is 0 Å². The third-order valence-corrected chi connectivity index (χ3v) is 3.99. The molecule has 2 aliphatic rings. The lowest BCUT2D eigenvalue weighted by atomic mass is 9.97. The fourth-order valence-electron chi connectivity index (χ4n) is 2.78. The smallest absolute Gasteiger partial charge is 0.320 e. The lowest BCUT2D eigenvalue weighted by molar-refractivity contribution is -0.146. The van der Waals surface area contributed by atoms with Crippen LogP contribution in [0.25, 0.3) is 0 Å². The van der Waals surface area contributed by atoms with Crippen LogP contribution in [0.2, 0.25) is 0 Å². The van der Waals surface area contributed by atoms with E-state index in [0.29, 0.717) is 19.0 Å². The first-order valence-electron chi connectivity index (χ1n) is 6.73. The highest BCUT2D eigenvalue weighted by Gasteiger charge is 2.32. The van der Waals surface area contributed by atoms with E-state index >= 15 is 0 Å². The van der Waals surface area contributed by atoms with Gasteiger partial charge in [-0.25, -0.2) is 4.79 Å². The molecule has 5 nitrogen and oxygen atoms in total. The van der Waals surface area contributed by atoms with Gasteiger partial charge in [0, 0.05) is 26.2 Å². The molecule has 2 fully saturated rings. The topological polar surface area (TPSA) is 49.9 Å². The number of nitrogens with zero attached hydrogens (tertiary/aromatic N) is 2. The number of carbonyl (C=O) groups excluding carboxylic acids is 2. The minimum absolute atomic E-state index is 0.0310. The third kappa shape index (κ3) is 2.76. The number of carbonyl (C=O) groups is 2. The molecule has 0 aromatic carbocycles. The van der Waals surface area contributed by atoms with Gasteiger partial charge < -0.3 is 14.5 Å². The van der Waals surface area contributed by atoms with E-state index in [1.165, 1.54) is 7.11 Å². The lowest BCUT2D eigenvalue weighted by Gasteiger charge is -2.33. The largest absolute Gasteiger partial charge is 0.469 e. The molecule has 0 bridgehead atoms. The molecule has 18 heavy (non-hydrogen) atoms. The van der Waals surface area contributed by atoms with Gasteiger partial charge in [-0.3, -0.25) is 4.79 Å². The van der Waals surface area contributed by atoms with Crippen molar-refractivity contribution in [3.63, 3.8) is 0 Å². The molecule has 102 valence electrons. The van der Waals surface area contributed by atoms with Gasteiger partial charge in [0.15, 0.2) is 0 Å². The van der Waals surface area contributed by atoms with E-state index in [2.05, 4.69) is 6.92 Å². The number of likely N-dealkylation sites (tertiary alicyclic amines) is 2. The highest BCUT2D eigenvalue weighted by atomic mass is 16.5. The number of urea groups is 1. The Morgan fingerprint density at radius 1 is 1.06 bits per heavy atom. The molecule has 1 atom stereocenters. The Balaban J connectivity index is 1.82. The fourth-order valence-corrected chi connectivity index (χ4v) is 2.78. The number of ether oxygens (including phenoxy) is 1. The van der Waals surface area contributed by atoms with Crippen LogP contribution >= 0.6 is 0 Å². The molecule has 2 saturated heterocycles. The van der Waals surface area contributed by atoms with Gasteiger partial charge in [-0.2, -0.15) is 0 Å². The molecule has 0 N–H and O–H groups in total. The van der Waals surface area contributed by atoms with E-state index in [0.717, 1.165) is 32.4 Å². The number of amides is 2. The van der Waals surface area contributed by atoms with Crippen molar-refractivity contribution in [1.29, 1.82) is 0 Å². The van der Waals surface area contributed by atoms with E-state index in [4.69, 9.17) is 4.74 Å². The van der Waals surface area contributed by atoms with Crippen LogP contribution in [-0.2, 0) is 9.53 Å². The molecule has 0 aromatic heterocycles. The molecular formula is C13H22N2O3. The highest BCUT2D eigenvalue weighted by molar-refractivity contribution is 5.76. The first kappa shape index (κ1) is 13.2. The Kier molecular flexibility index (Phi) is 4.09. The molecule has 2 aliphatic heterocycles. The van der Waals surface area contributed by atoms with Crippen LogP contribution in [0.1, 0.15) is 26.2 Å². The molecule has 1 unspecified atom stereocenters. The summed E-state index contributed by atoms with van der Waals surface area (Å²) in [5.41, 5.74) is 0. The maximum atomic E-state index is 12.2. The van der Waals surface area contributed by atoms with Crippen LogP contribution in [-0.4, -0.2) is 55.1 Å². The standard InChI is InChI=1S/C13H22N2O3/c1-10-3-6-15(9-10)13(17)14-7-4-11(5-8-14)12(16)18-2/h10-11H,3-9H2,1-2H3. The van der Waals surface area contributed by atoms with Crippen LogP contribution in [0.5, 0.6) is 0 Å². The summed E-state index contributed by atoms with van der Waals surface area (Å²) in [7, 11) is 1.42. The SMILES string of the molecule is COC(=O)C1CCN(C(=O)N2CCC(C)C2)CC1. The monoisotopic (exact) mass is 254 g/mol. The van der Waals surface area contributed by atoms with E-state index < -0.39 is 0 Å². The number of hydrogen-bond acceptors (Lipinski definition) is 3. The second-order valence-corrected chi connectivity index (χ2v) is 5.41. The minimum atomic E-state index is -0.142. The predicted octanol–water partition coefficient (Wildman–Crippen LogP) is 1.33. The molecule has 2 heterocycles. The summed E-state index contributed by atoms with van der Waals surface area (Å²) in [6.45, 7) is 5.26. The molecule has 0 saturated carbocycles. The van der Waals surface area contributed by atoms with Crippen LogP contribution in [0.15, 0.2) is 0 Å². The molecular weight excluding hydrogens is 232 g/mol. The van der Waals surface area contributed by atoms with E-state index in [1.807, 2.05) is 9.80 Å². The van der Waals surface area contributed by atoms with E-state index in [-0.39, 0.29) is 17.9 Å². The highest BCUT2D eigenvalue weighted by Crippen LogP contribution is 2.22. The quantitative estimate of drug-likeness (QED) is 0.663. The van der Waals surface area contributed by atoms with Crippen molar-refractivity contribution in [2.75, 3.05) is 33.3 Å². The van der Waals surface area contributed by atoms with Gasteiger partial charge in [0.05, 0.1) is 13.0 Å². The van der Waals surface area contributed by atoms with Crippen LogP contribution in [0, 0.1) is 11.8 Å². The normalized spacial score (nSPS) is 25.3. The third-order valence-electron chi connectivity index (χ3n) is 3.99. The lowest BCUT2D eigenvalue weighted by Crippen LogP contribution is -2.46. The average molecular weight is 254 g/mol. The summed E-state index contributed by atoms with van der Waals surface area (Å²) in [5.74, 6) is 0.440. The van der Waals surface area contributed by atoms with Gasteiger partial charge in [-0.15, -0.1) is 0 Å². The number of hydrogen-bond donors (Lipinski definition) is 0. The first-order valence-corrected chi connectivity index (χ1v) is 6.73. The Hall–Kier alpha value is -1.26. The molecule has 0 spiro atoms. The van der Waals surface area contributed by atoms with Crippen LogP contribution in [0.4, 0.5) is 4.79 Å². The van der Waals surface area contributed by atoms with Crippen molar-refractivity contribution in [2.45, 2.75) is 26.2 Å². The zero-order valence-electron chi connectivity index (χ0n) is 11.2. The Morgan fingerprint density at radius 2 is 1.67 bits per heavy atom. The summed E-state index contributed by atoms with van der Waals surface area (Å²) in [6, 6.07) is 0.141. The predicted molar refractivity (Wildman–Crippen MR) is 67.1 cm³/mol. The van der Waals surface area contributed by atoms with Gasteiger partial charge in [0.1, 0.15) is 0 Å². The minimum Gasteiger partial charge on any atom is -0.469 e. The van der Waals surface area contributed by atoms with E-state index in [9.17, 15) is 9.59 Å². The number of piperidine rings is 1. The molecule has 0 radical (unpaired) electrons. The van der Waals surface area contributed by atoms with Gasteiger partial charge >= 0.3 is 12.0 Å². The second-order valence-electron chi connectivity index (χ2n) is 5.41. The summed E-state index contributed by atoms with van der Waals surface area (Å²) >= 11 is 0.